The Labute approximate surface area is 292 Å². The summed E-state index contributed by atoms with van der Waals surface area (Å²) in [5.74, 6) is 2.75. The lowest BCUT2D eigenvalue weighted by Gasteiger charge is -2.29. The number of methoxy groups -OCH3 is 2. The molecule has 0 radical (unpaired) electrons. The predicted molar refractivity (Wildman–Crippen MR) is 197 cm³/mol. The van der Waals surface area contributed by atoms with Gasteiger partial charge in [0.15, 0.2) is 0 Å². The first-order valence-electron chi connectivity index (χ1n) is 16.8. The van der Waals surface area contributed by atoms with Crippen molar-refractivity contribution >= 4 is 17.7 Å². The number of halogens is 1. The molecule has 0 spiro atoms. The van der Waals surface area contributed by atoms with E-state index in [4.69, 9.17) is 14.2 Å². The molecule has 1 N–H and O–H groups in total. The summed E-state index contributed by atoms with van der Waals surface area (Å²) >= 11 is 2.04. The third-order valence-electron chi connectivity index (χ3n) is 8.99. The molecule has 5 nitrogen and oxygen atoms in total. The van der Waals surface area contributed by atoms with Crippen LogP contribution in [-0.2, 0) is 12.2 Å². The highest BCUT2D eigenvalue weighted by molar-refractivity contribution is 7.99. The molecule has 0 aromatic heterocycles. The summed E-state index contributed by atoms with van der Waals surface area (Å²) in [6.45, 7) is 0.409. The Bertz CT molecular complexity index is 1860. The monoisotopic (exact) mass is 675 g/mol. The van der Waals surface area contributed by atoms with Crippen LogP contribution in [0.2, 0.25) is 0 Å². The van der Waals surface area contributed by atoms with Crippen LogP contribution in [0.25, 0.3) is 22.3 Å². The molecule has 0 bridgehead atoms. The maximum atomic E-state index is 14.4. The van der Waals surface area contributed by atoms with Crippen molar-refractivity contribution in [2.45, 2.75) is 49.2 Å². The molecular formula is C42H42FNO4S. The molecule has 1 saturated carbocycles. The normalized spacial score (nSPS) is 15.7. The fraction of sp³-hybridized carbons (Fsp3) is 0.262. The predicted octanol–water partition coefficient (Wildman–Crippen LogP) is 9.77. The van der Waals surface area contributed by atoms with Crippen molar-refractivity contribution < 1.29 is 23.4 Å². The van der Waals surface area contributed by atoms with Crippen LogP contribution in [0.1, 0.15) is 47.2 Å². The topological polar surface area (TPSA) is 56.8 Å². The van der Waals surface area contributed by atoms with Gasteiger partial charge in [0, 0.05) is 28.7 Å². The maximum absolute atomic E-state index is 14.4. The van der Waals surface area contributed by atoms with Gasteiger partial charge < -0.3 is 19.5 Å². The summed E-state index contributed by atoms with van der Waals surface area (Å²) in [6.07, 6.45) is 5.02. The van der Waals surface area contributed by atoms with Crippen LogP contribution in [-0.4, -0.2) is 38.0 Å². The third kappa shape index (κ3) is 9.04. The first kappa shape index (κ1) is 34.1. The van der Waals surface area contributed by atoms with Gasteiger partial charge in [-0.1, -0.05) is 60.7 Å². The summed E-state index contributed by atoms with van der Waals surface area (Å²) in [4.78, 5) is 13.3. The Kier molecular flexibility index (Phi) is 11.5. The molecule has 49 heavy (non-hydrogen) atoms. The van der Waals surface area contributed by atoms with Crippen molar-refractivity contribution in [1.29, 1.82) is 0 Å². The standard InChI is InChI=1S/C42H42FNO4S/c1-46-36-13-7-11-32(25-36)40-26-33(15-21-41(40)47-2)42(45)44-23-22-30-14-16-37(27-39(30)31-10-6-12-34(43)24-31)48-35-17-19-38(20-18-35)49-28-29-8-4-3-5-9-29/h3-16,21,24-27,35,38H,17-20,22-23,28H2,1-2H3,(H,44,45). The van der Waals surface area contributed by atoms with E-state index in [1.807, 2.05) is 66.4 Å². The Morgan fingerprint density at radius 3 is 2.29 bits per heavy atom. The van der Waals surface area contributed by atoms with E-state index in [9.17, 15) is 9.18 Å². The van der Waals surface area contributed by atoms with Crippen LogP contribution in [0.15, 0.2) is 115 Å². The SMILES string of the molecule is COc1cccc(-c2cc(C(=O)NCCc3ccc(OC4CCC(SCc5ccccc5)CC4)cc3-c3cccc(F)c3)ccc2OC)c1. The molecule has 1 aliphatic carbocycles. The molecule has 0 atom stereocenters. The van der Waals surface area contributed by atoms with Crippen molar-refractivity contribution in [3.05, 3.63) is 138 Å². The minimum atomic E-state index is -0.291. The van der Waals surface area contributed by atoms with Gasteiger partial charge in [-0.15, -0.1) is 0 Å². The molecule has 0 saturated heterocycles. The molecular weight excluding hydrogens is 634 g/mol. The van der Waals surface area contributed by atoms with E-state index >= 15 is 0 Å². The minimum absolute atomic E-state index is 0.158. The zero-order valence-corrected chi connectivity index (χ0v) is 28.8. The van der Waals surface area contributed by atoms with Gasteiger partial charge in [0.2, 0.25) is 0 Å². The van der Waals surface area contributed by atoms with E-state index in [1.54, 1.807) is 38.5 Å². The first-order valence-corrected chi connectivity index (χ1v) is 17.9. The number of carbonyl (C=O) groups excluding carboxylic acids is 1. The molecule has 0 unspecified atom stereocenters. The third-order valence-corrected chi connectivity index (χ3v) is 10.4. The van der Waals surface area contributed by atoms with Crippen LogP contribution in [0, 0.1) is 5.82 Å². The van der Waals surface area contributed by atoms with E-state index in [0.717, 1.165) is 70.8 Å². The number of thioether (sulfide) groups is 1. The molecule has 1 aliphatic rings. The van der Waals surface area contributed by atoms with Gasteiger partial charge in [0.05, 0.1) is 20.3 Å². The van der Waals surface area contributed by atoms with Crippen LogP contribution in [0.3, 0.4) is 0 Å². The molecule has 0 heterocycles. The smallest absolute Gasteiger partial charge is 0.251 e. The van der Waals surface area contributed by atoms with Gasteiger partial charge in [-0.3, -0.25) is 4.79 Å². The number of hydrogen-bond donors (Lipinski definition) is 1. The number of rotatable bonds is 13. The molecule has 6 rings (SSSR count). The van der Waals surface area contributed by atoms with Gasteiger partial charge in [0.1, 0.15) is 23.1 Å². The van der Waals surface area contributed by atoms with Gasteiger partial charge in [-0.05, 0) is 115 Å². The van der Waals surface area contributed by atoms with Crippen molar-refractivity contribution in [2.75, 3.05) is 20.8 Å². The van der Waals surface area contributed by atoms with Crippen molar-refractivity contribution in [1.82, 2.24) is 5.32 Å². The number of nitrogens with one attached hydrogen (secondary N) is 1. The van der Waals surface area contributed by atoms with E-state index in [-0.39, 0.29) is 17.8 Å². The second kappa shape index (κ2) is 16.6. The quantitative estimate of drug-likeness (QED) is 0.135. The van der Waals surface area contributed by atoms with Gasteiger partial charge >= 0.3 is 0 Å². The molecule has 7 heteroatoms. The van der Waals surface area contributed by atoms with Crippen molar-refractivity contribution in [3.8, 4) is 39.5 Å². The Morgan fingerprint density at radius 1 is 0.755 bits per heavy atom. The Balaban J connectivity index is 1.10. The lowest BCUT2D eigenvalue weighted by molar-refractivity contribution is 0.0954. The second-order valence-corrected chi connectivity index (χ2v) is 13.6. The van der Waals surface area contributed by atoms with E-state index < -0.39 is 0 Å². The highest BCUT2D eigenvalue weighted by atomic mass is 32.2. The number of amides is 1. The summed E-state index contributed by atoms with van der Waals surface area (Å²) in [5.41, 5.74) is 6.29. The zero-order valence-electron chi connectivity index (χ0n) is 28.0. The average Bonchev–Trinajstić information content (AvgIpc) is 3.15. The maximum Gasteiger partial charge on any atom is 0.251 e. The van der Waals surface area contributed by atoms with Crippen LogP contribution in [0.5, 0.6) is 17.2 Å². The number of carbonyl (C=O) groups is 1. The zero-order chi connectivity index (χ0) is 34.0. The first-order chi connectivity index (χ1) is 24.0. The lowest BCUT2D eigenvalue weighted by Crippen LogP contribution is -2.26. The summed E-state index contributed by atoms with van der Waals surface area (Å²) < 4.78 is 31.8. The molecule has 252 valence electrons. The van der Waals surface area contributed by atoms with Gasteiger partial charge in [-0.2, -0.15) is 11.8 Å². The summed E-state index contributed by atoms with van der Waals surface area (Å²) in [5, 5.41) is 3.71. The molecule has 0 aliphatic heterocycles. The van der Waals surface area contributed by atoms with Crippen LogP contribution < -0.4 is 19.5 Å². The number of hydrogen-bond acceptors (Lipinski definition) is 5. The fourth-order valence-electron chi connectivity index (χ4n) is 6.35. The second-order valence-electron chi connectivity index (χ2n) is 12.3. The van der Waals surface area contributed by atoms with E-state index in [1.165, 1.54) is 11.6 Å². The lowest BCUT2D eigenvalue weighted by atomic mass is 9.96. The largest absolute Gasteiger partial charge is 0.497 e. The van der Waals surface area contributed by atoms with Crippen molar-refractivity contribution in [2.24, 2.45) is 0 Å². The van der Waals surface area contributed by atoms with Crippen molar-refractivity contribution in [3.63, 3.8) is 0 Å². The van der Waals surface area contributed by atoms with Crippen LogP contribution >= 0.6 is 11.8 Å². The minimum Gasteiger partial charge on any atom is -0.497 e. The Hall–Kier alpha value is -4.75. The van der Waals surface area contributed by atoms with E-state index in [2.05, 4.69) is 35.6 Å². The highest BCUT2D eigenvalue weighted by Crippen LogP contribution is 2.35. The van der Waals surface area contributed by atoms with Crippen LogP contribution in [0.4, 0.5) is 4.39 Å². The number of benzene rings is 5. The molecule has 5 aromatic rings. The molecule has 1 amide bonds. The highest BCUT2D eigenvalue weighted by Gasteiger charge is 2.23. The van der Waals surface area contributed by atoms with E-state index in [0.29, 0.717) is 29.5 Å². The molecule has 5 aromatic carbocycles. The number of ether oxygens (including phenoxy) is 3. The Morgan fingerprint density at radius 2 is 1.53 bits per heavy atom. The molecule has 1 fully saturated rings. The summed E-state index contributed by atoms with van der Waals surface area (Å²) in [7, 11) is 3.24. The van der Waals surface area contributed by atoms with Gasteiger partial charge in [0.25, 0.3) is 5.91 Å². The summed E-state index contributed by atoms with van der Waals surface area (Å²) in [6, 6.07) is 36.4. The van der Waals surface area contributed by atoms with Gasteiger partial charge in [-0.25, -0.2) is 4.39 Å². The average molecular weight is 676 g/mol. The fourth-order valence-corrected chi connectivity index (χ4v) is 7.57.